The fourth-order valence-corrected chi connectivity index (χ4v) is 5.54. The van der Waals surface area contributed by atoms with Crippen molar-refractivity contribution in [3.8, 4) is 0 Å². The number of anilines is 1. The van der Waals surface area contributed by atoms with Crippen LogP contribution in [0.2, 0.25) is 0 Å². The number of carbonyl (C=O) groups excluding carboxylic acids is 1. The van der Waals surface area contributed by atoms with Crippen LogP contribution in [0.5, 0.6) is 0 Å². The zero-order valence-electron chi connectivity index (χ0n) is 14.4. The maximum absolute atomic E-state index is 13.4. The number of aliphatic hydroxyl groups excluding tert-OH is 1. The van der Waals surface area contributed by atoms with Gasteiger partial charge in [0.2, 0.25) is 0 Å². The van der Waals surface area contributed by atoms with Gasteiger partial charge in [-0.3, -0.25) is 14.6 Å². The van der Waals surface area contributed by atoms with Crippen molar-refractivity contribution in [2.75, 3.05) is 18.8 Å². The van der Waals surface area contributed by atoms with Crippen LogP contribution in [0.3, 0.4) is 0 Å². The van der Waals surface area contributed by atoms with Crippen LogP contribution in [0.15, 0.2) is 29.3 Å². The largest absolute Gasteiger partial charge is 0.390 e. The summed E-state index contributed by atoms with van der Waals surface area (Å²) in [5.41, 5.74) is 1.77. The molecule has 25 heavy (non-hydrogen) atoms. The van der Waals surface area contributed by atoms with Crippen molar-refractivity contribution in [2.45, 2.75) is 43.4 Å². The summed E-state index contributed by atoms with van der Waals surface area (Å²) in [6.45, 7) is 2.63. The lowest BCUT2D eigenvalue weighted by atomic mass is 9.70. The summed E-state index contributed by atoms with van der Waals surface area (Å²) >= 11 is 0. The van der Waals surface area contributed by atoms with Gasteiger partial charge in [-0.05, 0) is 24.5 Å². The summed E-state index contributed by atoms with van der Waals surface area (Å²) in [5, 5.41) is 12.5. The number of para-hydroxylation sites is 1. The van der Waals surface area contributed by atoms with E-state index >= 15 is 0 Å². The number of carbonyl (C=O) groups is 1. The molecule has 6 nitrogen and oxygen atoms in total. The Kier molecular flexibility index (Phi) is 3.18. The van der Waals surface area contributed by atoms with Crippen molar-refractivity contribution in [2.24, 2.45) is 16.8 Å². The molecule has 6 heteroatoms. The van der Waals surface area contributed by atoms with Crippen LogP contribution in [-0.2, 0) is 19.8 Å². The third-order valence-corrected chi connectivity index (χ3v) is 6.55. The molecule has 132 valence electrons. The van der Waals surface area contributed by atoms with Crippen LogP contribution in [0.1, 0.15) is 25.3 Å². The summed E-state index contributed by atoms with van der Waals surface area (Å²) in [6.07, 6.45) is 0.113. The molecule has 0 aromatic heterocycles. The third kappa shape index (κ3) is 1.70. The van der Waals surface area contributed by atoms with Crippen LogP contribution in [0, 0.1) is 11.8 Å². The van der Waals surface area contributed by atoms with Gasteiger partial charge in [-0.15, -0.1) is 0 Å². The van der Waals surface area contributed by atoms with E-state index in [-0.39, 0.29) is 23.8 Å². The Labute approximate surface area is 146 Å². The van der Waals surface area contributed by atoms with Gasteiger partial charge in [0, 0.05) is 17.5 Å². The molecule has 6 rings (SSSR count). The number of fused-ring (bicyclic) bond motifs is 2. The van der Waals surface area contributed by atoms with Crippen LogP contribution in [0.4, 0.5) is 5.69 Å². The number of hydroxylamine groups is 1. The van der Waals surface area contributed by atoms with Crippen molar-refractivity contribution in [1.82, 2.24) is 0 Å². The maximum Gasteiger partial charge on any atom is 0.264 e. The quantitative estimate of drug-likeness (QED) is 0.883. The lowest BCUT2D eigenvalue weighted by Gasteiger charge is -2.42. The normalized spacial score (nSPS) is 41.2. The van der Waals surface area contributed by atoms with Crippen molar-refractivity contribution >= 4 is 17.3 Å². The first kappa shape index (κ1) is 15.5. The number of amides is 1. The fourth-order valence-electron chi connectivity index (χ4n) is 5.54. The van der Waals surface area contributed by atoms with Crippen LogP contribution >= 0.6 is 0 Å². The number of rotatable bonds is 2. The lowest BCUT2D eigenvalue weighted by molar-refractivity contribution is -0.152. The number of ether oxygens (including phenoxy) is 1. The molecule has 1 spiro atoms. The summed E-state index contributed by atoms with van der Waals surface area (Å²) in [7, 11) is 1.50. The highest BCUT2D eigenvalue weighted by atomic mass is 16.7. The molecule has 0 unspecified atom stereocenters. The van der Waals surface area contributed by atoms with Gasteiger partial charge in [-0.2, -0.15) is 5.06 Å². The van der Waals surface area contributed by atoms with Crippen LogP contribution < -0.4 is 5.06 Å². The molecular formula is C19H22N2O4. The number of benzene rings is 1. The second-order valence-corrected chi connectivity index (χ2v) is 7.45. The number of hydrogen-bond acceptors (Lipinski definition) is 5. The van der Waals surface area contributed by atoms with Gasteiger partial charge in [0.1, 0.15) is 11.5 Å². The van der Waals surface area contributed by atoms with Gasteiger partial charge in [-0.1, -0.05) is 25.1 Å². The zero-order valence-corrected chi connectivity index (χ0v) is 14.4. The molecular weight excluding hydrogens is 320 g/mol. The Morgan fingerprint density at radius 3 is 3.00 bits per heavy atom. The smallest absolute Gasteiger partial charge is 0.264 e. The molecule has 5 aliphatic rings. The van der Waals surface area contributed by atoms with E-state index in [1.807, 2.05) is 24.3 Å². The zero-order chi connectivity index (χ0) is 17.3. The summed E-state index contributed by atoms with van der Waals surface area (Å²) in [6, 6.07) is 7.67. The first-order chi connectivity index (χ1) is 12.1. The standard InChI is InChI=1S/C19H22N2O4/c1-3-12-15-10-9-25-17(16(15)22)19(8-13(10)20-12)11-6-4-5-7-14(11)21(24-2)18(19)23/h4-7,10,13,15-17,22H,3,8-9H2,1-2H3/t10-,13-,15+,16+,17-,19-/m0/s1. The number of aliphatic hydroxyl groups is 1. The molecule has 1 saturated carbocycles. The Bertz CT molecular complexity index is 778. The third-order valence-electron chi connectivity index (χ3n) is 6.55. The van der Waals surface area contributed by atoms with E-state index in [1.165, 1.54) is 12.2 Å². The Balaban J connectivity index is 1.73. The molecule has 6 atom stereocenters. The second kappa shape index (κ2) is 5.13. The van der Waals surface area contributed by atoms with Crippen molar-refractivity contribution in [3.63, 3.8) is 0 Å². The van der Waals surface area contributed by atoms with E-state index in [4.69, 9.17) is 14.6 Å². The average molecular weight is 342 g/mol. The number of nitrogens with zero attached hydrogens (tertiary/aromatic N) is 2. The van der Waals surface area contributed by atoms with Crippen molar-refractivity contribution in [3.05, 3.63) is 29.8 Å². The SMILES string of the molecule is CCC1=N[C@H]2C[C@@]3(C(=O)N(OC)c4ccccc43)[C@H]3OC[C@@H]2[C@H]1[C@H]3O. The highest BCUT2D eigenvalue weighted by Gasteiger charge is 2.67. The molecule has 3 fully saturated rings. The second-order valence-electron chi connectivity index (χ2n) is 7.45. The minimum absolute atomic E-state index is 0.00434. The summed E-state index contributed by atoms with van der Waals surface area (Å²) in [4.78, 5) is 23.7. The first-order valence-electron chi connectivity index (χ1n) is 8.98. The highest BCUT2D eigenvalue weighted by Crippen LogP contribution is 2.56. The lowest BCUT2D eigenvalue weighted by Crippen LogP contribution is -2.58. The Morgan fingerprint density at radius 2 is 2.24 bits per heavy atom. The van der Waals surface area contributed by atoms with Gasteiger partial charge in [0.25, 0.3) is 5.91 Å². The molecule has 1 amide bonds. The molecule has 1 aromatic rings. The van der Waals surface area contributed by atoms with Gasteiger partial charge in [-0.25, -0.2) is 0 Å². The molecule has 2 saturated heterocycles. The van der Waals surface area contributed by atoms with Gasteiger partial charge in [0.05, 0.1) is 31.5 Å². The van der Waals surface area contributed by atoms with Gasteiger partial charge < -0.3 is 9.84 Å². The molecule has 4 heterocycles. The van der Waals surface area contributed by atoms with Crippen molar-refractivity contribution < 1.29 is 19.5 Å². The topological polar surface area (TPSA) is 71.4 Å². The molecule has 1 N–H and O–H groups in total. The van der Waals surface area contributed by atoms with Crippen LogP contribution in [0.25, 0.3) is 0 Å². The summed E-state index contributed by atoms with van der Waals surface area (Å²) in [5.74, 6) is 0.0171. The van der Waals surface area contributed by atoms with Gasteiger partial charge in [0.15, 0.2) is 0 Å². The number of hydrogen-bond donors (Lipinski definition) is 1. The predicted octanol–water partition coefficient (Wildman–Crippen LogP) is 1.46. The highest BCUT2D eigenvalue weighted by molar-refractivity contribution is 6.07. The van der Waals surface area contributed by atoms with E-state index < -0.39 is 17.6 Å². The fraction of sp³-hybridized carbons (Fsp3) is 0.579. The van der Waals surface area contributed by atoms with Crippen LogP contribution in [-0.4, -0.2) is 48.7 Å². The van der Waals surface area contributed by atoms with E-state index in [1.54, 1.807) is 0 Å². The van der Waals surface area contributed by atoms with E-state index in [0.29, 0.717) is 13.0 Å². The maximum atomic E-state index is 13.4. The Hall–Kier alpha value is -1.76. The molecule has 1 aromatic carbocycles. The predicted molar refractivity (Wildman–Crippen MR) is 91.5 cm³/mol. The molecule has 4 aliphatic heterocycles. The van der Waals surface area contributed by atoms with E-state index in [0.717, 1.165) is 23.4 Å². The van der Waals surface area contributed by atoms with E-state index in [9.17, 15) is 9.90 Å². The minimum Gasteiger partial charge on any atom is -0.390 e. The Morgan fingerprint density at radius 1 is 1.44 bits per heavy atom. The molecule has 1 aliphatic carbocycles. The van der Waals surface area contributed by atoms with E-state index in [2.05, 4.69) is 6.92 Å². The average Bonchev–Trinajstić information content (AvgIpc) is 3.00. The minimum atomic E-state index is -0.928. The first-order valence-corrected chi connectivity index (χ1v) is 8.98. The monoisotopic (exact) mass is 342 g/mol. The summed E-state index contributed by atoms with van der Waals surface area (Å²) < 4.78 is 6.12. The number of aliphatic imine (C=N–C) groups is 1. The van der Waals surface area contributed by atoms with Crippen molar-refractivity contribution in [1.29, 1.82) is 0 Å². The van der Waals surface area contributed by atoms with Gasteiger partial charge >= 0.3 is 0 Å². The molecule has 4 bridgehead atoms. The molecule has 0 radical (unpaired) electrons.